The van der Waals surface area contributed by atoms with Gasteiger partial charge in [-0.1, -0.05) is 19.6 Å². The van der Waals surface area contributed by atoms with Crippen molar-refractivity contribution in [1.29, 1.82) is 0 Å². The minimum Gasteiger partial charge on any atom is -0.229 e. The Labute approximate surface area is 82.7 Å². The fraction of sp³-hybridized carbons (Fsp3) is 0.778. The van der Waals surface area contributed by atoms with Gasteiger partial charge in [0.2, 0.25) is 0 Å². The van der Waals surface area contributed by atoms with Crippen molar-refractivity contribution in [3.63, 3.8) is 0 Å². The summed E-state index contributed by atoms with van der Waals surface area (Å²) in [7, 11) is -4.06. The largest absolute Gasteiger partial charge is 0.229 e. The molecule has 0 aliphatic carbocycles. The maximum atomic E-state index is 10.8. The molecule has 0 N–H and O–H groups in total. The molecular formula is C9H18O2SSi. The highest BCUT2D eigenvalue weighted by atomic mass is 32.2. The monoisotopic (exact) mass is 218 g/mol. The molecule has 0 rings (SSSR count). The highest BCUT2D eigenvalue weighted by molar-refractivity contribution is 7.90. The van der Waals surface area contributed by atoms with Crippen molar-refractivity contribution in [3.05, 3.63) is 0 Å². The fourth-order valence-electron chi connectivity index (χ4n) is 0.750. The standard InChI is InChI=1S/C9H18O2SSi/c1-12(10,11)8-6-5-7-9-13(2,3)4/h5-6,8H2,1-4H3. The van der Waals surface area contributed by atoms with Crippen LogP contribution in [0.4, 0.5) is 0 Å². The van der Waals surface area contributed by atoms with Crippen LogP contribution in [0, 0.1) is 11.5 Å². The third kappa shape index (κ3) is 11.7. The van der Waals surface area contributed by atoms with Crippen LogP contribution in [-0.4, -0.2) is 28.5 Å². The average molecular weight is 218 g/mol. The van der Waals surface area contributed by atoms with Gasteiger partial charge < -0.3 is 0 Å². The molecule has 0 heterocycles. The molecule has 0 unspecified atom stereocenters. The predicted octanol–water partition coefficient (Wildman–Crippen LogP) is 1.69. The molecule has 0 fully saturated rings. The molecule has 4 heteroatoms. The van der Waals surface area contributed by atoms with E-state index in [2.05, 4.69) is 31.1 Å². The summed E-state index contributed by atoms with van der Waals surface area (Å²) < 4.78 is 21.5. The molecule has 0 aromatic rings. The van der Waals surface area contributed by atoms with E-state index in [0.717, 1.165) is 0 Å². The Bertz CT molecular complexity index is 301. The van der Waals surface area contributed by atoms with Crippen molar-refractivity contribution in [2.45, 2.75) is 32.5 Å². The number of rotatable bonds is 3. The Kier molecular flexibility index (Phi) is 4.72. The Morgan fingerprint density at radius 2 is 1.77 bits per heavy atom. The van der Waals surface area contributed by atoms with Crippen molar-refractivity contribution in [2.75, 3.05) is 12.0 Å². The highest BCUT2D eigenvalue weighted by Crippen LogP contribution is 1.98. The molecule has 0 aromatic carbocycles. The van der Waals surface area contributed by atoms with Crippen LogP contribution in [0.25, 0.3) is 0 Å². The van der Waals surface area contributed by atoms with Crippen molar-refractivity contribution in [1.82, 2.24) is 0 Å². The molecule has 0 aliphatic heterocycles. The van der Waals surface area contributed by atoms with Crippen molar-refractivity contribution in [3.8, 4) is 11.5 Å². The van der Waals surface area contributed by atoms with Crippen LogP contribution in [0.5, 0.6) is 0 Å². The zero-order chi connectivity index (χ0) is 10.5. The topological polar surface area (TPSA) is 34.1 Å². The zero-order valence-electron chi connectivity index (χ0n) is 8.85. The van der Waals surface area contributed by atoms with E-state index in [1.54, 1.807) is 0 Å². The number of hydrogen-bond acceptors (Lipinski definition) is 2. The second-order valence-corrected chi connectivity index (χ2v) is 11.3. The van der Waals surface area contributed by atoms with Gasteiger partial charge in [0.25, 0.3) is 0 Å². The van der Waals surface area contributed by atoms with Crippen LogP contribution in [0.1, 0.15) is 12.8 Å². The first kappa shape index (κ1) is 12.7. The maximum absolute atomic E-state index is 10.8. The molecule has 2 nitrogen and oxygen atoms in total. The Hall–Kier alpha value is -0.273. The van der Waals surface area contributed by atoms with Gasteiger partial charge in [0.15, 0.2) is 0 Å². The van der Waals surface area contributed by atoms with Crippen molar-refractivity contribution in [2.24, 2.45) is 0 Å². The minimum absolute atomic E-state index is 0.257. The summed E-state index contributed by atoms with van der Waals surface area (Å²) in [6.45, 7) is 6.53. The van der Waals surface area contributed by atoms with E-state index >= 15 is 0 Å². The molecule has 0 saturated heterocycles. The van der Waals surface area contributed by atoms with E-state index in [1.165, 1.54) is 6.26 Å². The summed E-state index contributed by atoms with van der Waals surface area (Å²) in [5, 5.41) is 0. The molecule has 0 aliphatic rings. The second-order valence-electron chi connectivity index (χ2n) is 4.29. The van der Waals surface area contributed by atoms with Crippen molar-refractivity contribution >= 4 is 17.9 Å². The molecule has 0 amide bonds. The summed E-state index contributed by atoms with van der Waals surface area (Å²) in [6, 6.07) is 0. The first-order valence-corrected chi connectivity index (χ1v) is 9.94. The van der Waals surface area contributed by atoms with Gasteiger partial charge >= 0.3 is 0 Å². The first-order chi connectivity index (χ1) is 5.71. The summed E-state index contributed by atoms with van der Waals surface area (Å²) >= 11 is 0. The first-order valence-electron chi connectivity index (χ1n) is 4.38. The maximum Gasteiger partial charge on any atom is 0.147 e. The lowest BCUT2D eigenvalue weighted by Crippen LogP contribution is -2.16. The van der Waals surface area contributed by atoms with Crippen LogP contribution in [0.15, 0.2) is 0 Å². The van der Waals surface area contributed by atoms with Gasteiger partial charge in [-0.15, -0.1) is 11.5 Å². The Morgan fingerprint density at radius 3 is 2.15 bits per heavy atom. The third-order valence-electron chi connectivity index (χ3n) is 1.28. The van der Waals surface area contributed by atoms with Crippen molar-refractivity contribution < 1.29 is 8.42 Å². The number of sulfone groups is 1. The molecule has 13 heavy (non-hydrogen) atoms. The quantitative estimate of drug-likeness (QED) is 0.410. The SMILES string of the molecule is C[Si](C)(C)C#CCCCS(C)(=O)=O. The third-order valence-corrected chi connectivity index (χ3v) is 3.24. The minimum atomic E-state index is -2.80. The van der Waals surface area contributed by atoms with E-state index in [1.807, 2.05) is 0 Å². The average Bonchev–Trinajstić information content (AvgIpc) is 1.81. The normalized spacial score (nSPS) is 12.0. The highest BCUT2D eigenvalue weighted by Gasteiger charge is 2.07. The van der Waals surface area contributed by atoms with Gasteiger partial charge in [0.05, 0.1) is 5.75 Å². The van der Waals surface area contributed by atoms with Gasteiger partial charge in [-0.25, -0.2) is 8.42 Å². The lowest BCUT2D eigenvalue weighted by atomic mass is 10.4. The van der Waals surface area contributed by atoms with Crippen LogP contribution in [0.3, 0.4) is 0 Å². The van der Waals surface area contributed by atoms with Gasteiger partial charge in [0.1, 0.15) is 17.9 Å². The molecular weight excluding hydrogens is 200 g/mol. The van der Waals surface area contributed by atoms with Crippen LogP contribution >= 0.6 is 0 Å². The summed E-state index contributed by atoms with van der Waals surface area (Å²) in [5.74, 6) is 3.30. The lowest BCUT2D eigenvalue weighted by Gasteiger charge is -2.03. The Balaban J connectivity index is 3.74. The molecule has 0 saturated carbocycles. The van der Waals surface area contributed by atoms with Crippen LogP contribution < -0.4 is 0 Å². The molecule has 76 valence electrons. The molecule has 0 spiro atoms. The molecule has 0 bridgehead atoms. The van der Waals surface area contributed by atoms with Gasteiger partial charge in [-0.2, -0.15) is 0 Å². The van der Waals surface area contributed by atoms with E-state index in [4.69, 9.17) is 0 Å². The lowest BCUT2D eigenvalue weighted by molar-refractivity contribution is 0.599. The van der Waals surface area contributed by atoms with Crippen LogP contribution in [0.2, 0.25) is 19.6 Å². The van der Waals surface area contributed by atoms with Gasteiger partial charge in [-0.3, -0.25) is 0 Å². The summed E-state index contributed by atoms with van der Waals surface area (Å²) in [5.41, 5.74) is 3.20. The number of unbranched alkanes of at least 4 members (excludes halogenated alkanes) is 1. The second kappa shape index (κ2) is 4.82. The number of hydrogen-bond donors (Lipinski definition) is 0. The van der Waals surface area contributed by atoms with Gasteiger partial charge in [-0.05, 0) is 6.42 Å². The smallest absolute Gasteiger partial charge is 0.147 e. The van der Waals surface area contributed by atoms with E-state index in [-0.39, 0.29) is 5.75 Å². The molecule has 0 atom stereocenters. The molecule has 0 aromatic heterocycles. The zero-order valence-corrected chi connectivity index (χ0v) is 10.7. The van der Waals surface area contributed by atoms with Gasteiger partial charge in [0, 0.05) is 12.7 Å². The Morgan fingerprint density at radius 1 is 1.23 bits per heavy atom. The van der Waals surface area contributed by atoms with E-state index in [9.17, 15) is 8.42 Å². The summed E-state index contributed by atoms with van der Waals surface area (Å²) in [4.78, 5) is 0. The summed E-state index contributed by atoms with van der Waals surface area (Å²) in [6.07, 6.45) is 2.63. The van der Waals surface area contributed by atoms with E-state index in [0.29, 0.717) is 12.8 Å². The van der Waals surface area contributed by atoms with Crippen LogP contribution in [-0.2, 0) is 9.84 Å². The van der Waals surface area contributed by atoms with E-state index < -0.39 is 17.9 Å². The molecule has 0 radical (unpaired) electrons. The fourth-order valence-corrected chi connectivity index (χ4v) is 2.07. The predicted molar refractivity (Wildman–Crippen MR) is 60.1 cm³/mol.